The molecule has 0 aromatic rings. The van der Waals surface area contributed by atoms with Crippen LogP contribution >= 0.6 is 12.6 Å². The Balaban J connectivity index is 0.000000291. The van der Waals surface area contributed by atoms with E-state index < -0.39 is 0 Å². The van der Waals surface area contributed by atoms with E-state index in [1.807, 2.05) is 6.21 Å². The number of rotatable bonds is 1. The molecular weight excluding hydrogens is 130 g/mol. The van der Waals surface area contributed by atoms with E-state index in [0.29, 0.717) is 0 Å². The second-order valence-electron chi connectivity index (χ2n) is 1.60. The van der Waals surface area contributed by atoms with E-state index in [2.05, 4.69) is 30.6 Å². The first kappa shape index (κ1) is 8.76. The van der Waals surface area contributed by atoms with Gasteiger partial charge in [0.2, 0.25) is 0 Å². The first-order chi connectivity index (χ1) is 4.43. The minimum absolute atomic E-state index is 1.04. The van der Waals surface area contributed by atoms with Crippen molar-refractivity contribution in [2.45, 2.75) is 19.8 Å². The van der Waals surface area contributed by atoms with Crippen LogP contribution < -0.4 is 0 Å². The average molecular weight is 143 g/mol. The smallest absolute Gasteiger partial charge is 0.0360 e. The quantitative estimate of drug-likeness (QED) is 0.541. The van der Waals surface area contributed by atoms with Gasteiger partial charge in [-0.05, 0) is 12.7 Å². The lowest BCUT2D eigenvalue weighted by Crippen LogP contribution is -1.64. The molecule has 1 nitrogen and oxygen atoms in total. The summed E-state index contributed by atoms with van der Waals surface area (Å²) >= 11 is 3.53. The van der Waals surface area contributed by atoms with Gasteiger partial charge >= 0.3 is 0 Å². The Bertz CT molecular complexity index is 116. The van der Waals surface area contributed by atoms with Crippen molar-refractivity contribution < 1.29 is 0 Å². The van der Waals surface area contributed by atoms with Crippen LogP contribution in [0, 0.1) is 0 Å². The monoisotopic (exact) mass is 143 g/mol. The van der Waals surface area contributed by atoms with Crippen LogP contribution in [0.4, 0.5) is 0 Å². The molecule has 0 saturated carbocycles. The molecule has 0 radical (unpaired) electrons. The van der Waals surface area contributed by atoms with E-state index in [1.165, 1.54) is 5.70 Å². The fourth-order valence-electron chi connectivity index (χ4n) is 0.647. The van der Waals surface area contributed by atoms with Crippen molar-refractivity contribution >= 4 is 18.8 Å². The number of aliphatic imine (C=N–C) groups is 1. The molecule has 52 valence electrons. The molecule has 1 aliphatic rings. The van der Waals surface area contributed by atoms with E-state index >= 15 is 0 Å². The Kier molecular flexibility index (Phi) is 5.73. The summed E-state index contributed by atoms with van der Waals surface area (Å²) in [5.74, 6) is 0. The van der Waals surface area contributed by atoms with Gasteiger partial charge in [0.25, 0.3) is 0 Å². The maximum absolute atomic E-state index is 4.09. The summed E-state index contributed by atoms with van der Waals surface area (Å²) in [4.78, 5) is 4.09. The van der Waals surface area contributed by atoms with Crippen molar-refractivity contribution in [2.75, 3.05) is 6.26 Å². The van der Waals surface area contributed by atoms with Crippen LogP contribution in [0.2, 0.25) is 0 Å². The Hall–Kier alpha value is -0.240. The van der Waals surface area contributed by atoms with Gasteiger partial charge in [-0.2, -0.15) is 12.6 Å². The fourth-order valence-corrected chi connectivity index (χ4v) is 0.647. The second kappa shape index (κ2) is 5.89. The molecule has 0 aromatic heterocycles. The molecule has 0 amide bonds. The third kappa shape index (κ3) is 3.36. The predicted octanol–water partition coefficient (Wildman–Crippen LogP) is 2.30. The molecule has 0 saturated heterocycles. The van der Waals surface area contributed by atoms with Gasteiger partial charge < -0.3 is 0 Å². The van der Waals surface area contributed by atoms with Crippen molar-refractivity contribution in [1.29, 1.82) is 0 Å². The molecule has 0 aliphatic carbocycles. The Labute approximate surface area is 62.3 Å². The zero-order chi connectivity index (χ0) is 7.11. The van der Waals surface area contributed by atoms with Crippen molar-refractivity contribution in [3.05, 3.63) is 11.8 Å². The SMILES string of the molecule is CCC1=CCC=N1.CS. The van der Waals surface area contributed by atoms with E-state index in [9.17, 15) is 0 Å². The van der Waals surface area contributed by atoms with Gasteiger partial charge in [-0.25, -0.2) is 0 Å². The highest BCUT2D eigenvalue weighted by Crippen LogP contribution is 2.07. The molecule has 9 heavy (non-hydrogen) atoms. The van der Waals surface area contributed by atoms with Gasteiger partial charge in [0.15, 0.2) is 0 Å². The lowest BCUT2D eigenvalue weighted by Gasteiger charge is -1.83. The van der Waals surface area contributed by atoms with Crippen LogP contribution in [0.1, 0.15) is 19.8 Å². The standard InChI is InChI=1S/C6H9N.CH4S/c1-2-6-4-3-5-7-6;1-2/h4-5H,2-3H2,1H3;2H,1H3. The Morgan fingerprint density at radius 1 is 1.67 bits per heavy atom. The number of hydrogen-bond donors (Lipinski definition) is 1. The number of hydrogen-bond acceptors (Lipinski definition) is 2. The molecule has 0 spiro atoms. The van der Waals surface area contributed by atoms with Gasteiger partial charge in [-0.1, -0.05) is 13.0 Å². The molecule has 0 aromatic carbocycles. The minimum atomic E-state index is 1.04. The molecule has 0 fully saturated rings. The van der Waals surface area contributed by atoms with E-state index in [4.69, 9.17) is 0 Å². The highest BCUT2D eigenvalue weighted by molar-refractivity contribution is 7.79. The topological polar surface area (TPSA) is 12.4 Å². The number of thiol groups is 1. The maximum atomic E-state index is 4.09. The van der Waals surface area contributed by atoms with Crippen LogP contribution in [0.15, 0.2) is 16.8 Å². The first-order valence-electron chi connectivity index (χ1n) is 3.09. The van der Waals surface area contributed by atoms with Gasteiger partial charge in [0, 0.05) is 18.3 Å². The molecule has 1 heterocycles. The first-order valence-corrected chi connectivity index (χ1v) is 3.99. The second-order valence-corrected chi connectivity index (χ2v) is 1.60. The van der Waals surface area contributed by atoms with Gasteiger partial charge in [0.05, 0.1) is 0 Å². The van der Waals surface area contributed by atoms with Crippen LogP contribution in [-0.2, 0) is 0 Å². The lowest BCUT2D eigenvalue weighted by molar-refractivity contribution is 1.08. The summed E-state index contributed by atoms with van der Waals surface area (Å²) < 4.78 is 0. The summed E-state index contributed by atoms with van der Waals surface area (Å²) in [6, 6.07) is 0. The summed E-state index contributed by atoms with van der Waals surface area (Å²) in [7, 11) is 0. The molecule has 2 heteroatoms. The largest absolute Gasteiger partial charge is 0.266 e. The lowest BCUT2D eigenvalue weighted by atomic mass is 10.3. The van der Waals surface area contributed by atoms with Crippen molar-refractivity contribution in [2.24, 2.45) is 4.99 Å². The predicted molar refractivity (Wildman–Crippen MR) is 46.4 cm³/mol. The third-order valence-electron chi connectivity index (χ3n) is 1.08. The normalized spacial score (nSPS) is 14.3. The Morgan fingerprint density at radius 2 is 2.33 bits per heavy atom. The molecule has 0 atom stereocenters. The molecular formula is C7H13NS. The van der Waals surface area contributed by atoms with Crippen LogP contribution in [-0.4, -0.2) is 12.5 Å². The number of nitrogens with zero attached hydrogens (tertiary/aromatic N) is 1. The third-order valence-corrected chi connectivity index (χ3v) is 1.08. The molecule has 0 bridgehead atoms. The van der Waals surface area contributed by atoms with Gasteiger partial charge in [-0.15, -0.1) is 0 Å². The summed E-state index contributed by atoms with van der Waals surface area (Å²) in [5, 5.41) is 0. The molecule has 0 unspecified atom stereocenters. The highest BCUT2D eigenvalue weighted by Gasteiger charge is 1.91. The molecule has 1 rings (SSSR count). The maximum Gasteiger partial charge on any atom is 0.0360 e. The van der Waals surface area contributed by atoms with Crippen LogP contribution in [0.5, 0.6) is 0 Å². The van der Waals surface area contributed by atoms with E-state index in [1.54, 1.807) is 6.26 Å². The van der Waals surface area contributed by atoms with E-state index in [-0.39, 0.29) is 0 Å². The highest BCUT2D eigenvalue weighted by atomic mass is 32.1. The van der Waals surface area contributed by atoms with Crippen LogP contribution in [0.25, 0.3) is 0 Å². The average Bonchev–Trinajstić information content (AvgIpc) is 2.43. The summed E-state index contributed by atoms with van der Waals surface area (Å²) in [6.07, 6.45) is 7.92. The van der Waals surface area contributed by atoms with Crippen molar-refractivity contribution in [3.63, 3.8) is 0 Å². The summed E-state index contributed by atoms with van der Waals surface area (Å²) in [6.45, 7) is 2.12. The summed E-state index contributed by atoms with van der Waals surface area (Å²) in [5.41, 5.74) is 1.24. The molecule has 0 N–H and O–H groups in total. The van der Waals surface area contributed by atoms with E-state index in [0.717, 1.165) is 12.8 Å². The van der Waals surface area contributed by atoms with Crippen LogP contribution in [0.3, 0.4) is 0 Å². The zero-order valence-electron chi connectivity index (χ0n) is 5.96. The Morgan fingerprint density at radius 3 is 2.56 bits per heavy atom. The van der Waals surface area contributed by atoms with Gasteiger partial charge in [0.1, 0.15) is 0 Å². The molecule has 1 aliphatic heterocycles. The van der Waals surface area contributed by atoms with Crippen molar-refractivity contribution in [3.8, 4) is 0 Å². The number of allylic oxidation sites excluding steroid dienone is 2. The minimum Gasteiger partial charge on any atom is -0.266 e. The fraction of sp³-hybridized carbons (Fsp3) is 0.571. The van der Waals surface area contributed by atoms with Crippen molar-refractivity contribution in [1.82, 2.24) is 0 Å². The zero-order valence-corrected chi connectivity index (χ0v) is 6.86. The van der Waals surface area contributed by atoms with Gasteiger partial charge in [-0.3, -0.25) is 4.99 Å².